The largest absolute Gasteiger partial charge is 0.299 e. The Labute approximate surface area is 55.8 Å². The van der Waals surface area contributed by atoms with Crippen molar-refractivity contribution in [1.82, 2.24) is 0 Å². The van der Waals surface area contributed by atoms with Crippen LogP contribution in [-0.2, 0) is 4.79 Å². The van der Waals surface area contributed by atoms with Crippen LogP contribution in [0.25, 0.3) is 0 Å². The fourth-order valence-corrected chi connectivity index (χ4v) is 1.06. The first-order valence-corrected chi connectivity index (χ1v) is 3.39. The standard InChI is InChI=1S/C8H12O/c1-3-4-8(9)7-5-6(7)2/h3,6-7H,1,4-5H2,2H3/t6-,7-/m1/s1. The Morgan fingerprint density at radius 2 is 2.44 bits per heavy atom. The third-order valence-corrected chi connectivity index (χ3v) is 1.87. The van der Waals surface area contributed by atoms with Crippen LogP contribution in [0.4, 0.5) is 0 Å². The normalized spacial score (nSPS) is 31.7. The zero-order valence-corrected chi connectivity index (χ0v) is 5.76. The number of rotatable bonds is 3. The maximum Gasteiger partial charge on any atom is 0.139 e. The van der Waals surface area contributed by atoms with E-state index < -0.39 is 0 Å². The third kappa shape index (κ3) is 1.41. The highest BCUT2D eigenvalue weighted by atomic mass is 16.1. The van der Waals surface area contributed by atoms with E-state index in [1.807, 2.05) is 0 Å². The minimum Gasteiger partial charge on any atom is -0.299 e. The molecule has 1 aliphatic carbocycles. The molecule has 0 aromatic rings. The second kappa shape index (κ2) is 2.34. The van der Waals surface area contributed by atoms with Gasteiger partial charge >= 0.3 is 0 Å². The lowest BCUT2D eigenvalue weighted by atomic mass is 10.2. The summed E-state index contributed by atoms with van der Waals surface area (Å²) < 4.78 is 0. The second-order valence-corrected chi connectivity index (χ2v) is 2.78. The molecule has 0 aromatic heterocycles. The lowest BCUT2D eigenvalue weighted by Gasteiger charge is -1.89. The minimum absolute atomic E-state index is 0.373. The first kappa shape index (κ1) is 6.53. The van der Waals surface area contributed by atoms with E-state index in [1.165, 1.54) is 0 Å². The van der Waals surface area contributed by atoms with Gasteiger partial charge in [0.1, 0.15) is 5.78 Å². The molecule has 0 spiro atoms. The summed E-state index contributed by atoms with van der Waals surface area (Å²) in [5.41, 5.74) is 0. The fourth-order valence-electron chi connectivity index (χ4n) is 1.06. The molecular formula is C8H12O. The molecule has 0 N–H and O–H groups in total. The van der Waals surface area contributed by atoms with Crippen LogP contribution in [0.1, 0.15) is 19.8 Å². The zero-order chi connectivity index (χ0) is 6.85. The van der Waals surface area contributed by atoms with Gasteiger partial charge in [0, 0.05) is 12.3 Å². The van der Waals surface area contributed by atoms with Gasteiger partial charge in [0.15, 0.2) is 0 Å². The quantitative estimate of drug-likeness (QED) is 0.524. The molecular weight excluding hydrogens is 112 g/mol. The highest BCUT2D eigenvalue weighted by Crippen LogP contribution is 2.38. The van der Waals surface area contributed by atoms with Crippen LogP contribution in [0.3, 0.4) is 0 Å². The molecule has 0 aromatic carbocycles. The van der Waals surface area contributed by atoms with E-state index in [0.717, 1.165) is 6.42 Å². The lowest BCUT2D eigenvalue weighted by Crippen LogP contribution is -1.98. The van der Waals surface area contributed by atoms with Crippen LogP contribution in [0.15, 0.2) is 12.7 Å². The molecule has 0 bridgehead atoms. The van der Waals surface area contributed by atoms with Crippen molar-refractivity contribution in [2.24, 2.45) is 11.8 Å². The van der Waals surface area contributed by atoms with Crippen molar-refractivity contribution in [3.63, 3.8) is 0 Å². The number of carbonyl (C=O) groups is 1. The smallest absolute Gasteiger partial charge is 0.139 e. The highest BCUT2D eigenvalue weighted by Gasteiger charge is 2.37. The summed E-state index contributed by atoms with van der Waals surface area (Å²) in [7, 11) is 0. The third-order valence-electron chi connectivity index (χ3n) is 1.87. The number of hydrogen-bond donors (Lipinski definition) is 0. The second-order valence-electron chi connectivity index (χ2n) is 2.78. The number of carbonyl (C=O) groups excluding carboxylic acids is 1. The van der Waals surface area contributed by atoms with Crippen LogP contribution in [-0.4, -0.2) is 5.78 Å². The van der Waals surface area contributed by atoms with Gasteiger partial charge in [-0.25, -0.2) is 0 Å². The van der Waals surface area contributed by atoms with Gasteiger partial charge in [-0.1, -0.05) is 13.0 Å². The Bertz CT molecular complexity index is 138. The number of allylic oxidation sites excluding steroid dienone is 1. The molecule has 1 aliphatic rings. The van der Waals surface area contributed by atoms with Crippen LogP contribution in [0, 0.1) is 11.8 Å². The van der Waals surface area contributed by atoms with E-state index in [0.29, 0.717) is 24.0 Å². The van der Waals surface area contributed by atoms with Crippen LogP contribution >= 0.6 is 0 Å². The summed E-state index contributed by atoms with van der Waals surface area (Å²) in [4.78, 5) is 10.9. The van der Waals surface area contributed by atoms with Crippen molar-refractivity contribution >= 4 is 5.78 Å². The van der Waals surface area contributed by atoms with Crippen molar-refractivity contribution in [2.45, 2.75) is 19.8 Å². The van der Waals surface area contributed by atoms with E-state index in [2.05, 4.69) is 13.5 Å². The summed E-state index contributed by atoms with van der Waals surface area (Å²) in [5, 5.41) is 0. The number of ketones is 1. The Balaban J connectivity index is 2.27. The number of hydrogen-bond acceptors (Lipinski definition) is 1. The topological polar surface area (TPSA) is 17.1 Å². The Morgan fingerprint density at radius 3 is 2.78 bits per heavy atom. The van der Waals surface area contributed by atoms with Crippen LogP contribution < -0.4 is 0 Å². The van der Waals surface area contributed by atoms with Crippen LogP contribution in [0.5, 0.6) is 0 Å². The van der Waals surface area contributed by atoms with Crippen molar-refractivity contribution in [3.8, 4) is 0 Å². The minimum atomic E-state index is 0.373. The van der Waals surface area contributed by atoms with Crippen molar-refractivity contribution in [3.05, 3.63) is 12.7 Å². The molecule has 0 unspecified atom stereocenters. The van der Waals surface area contributed by atoms with E-state index in [4.69, 9.17) is 0 Å². The molecule has 0 amide bonds. The molecule has 1 heteroatoms. The number of Topliss-reactive ketones (excluding diaryl/α,β-unsaturated/α-hetero) is 1. The summed E-state index contributed by atoms with van der Waals surface area (Å²) in [6.07, 6.45) is 3.36. The summed E-state index contributed by atoms with van der Waals surface area (Å²) in [6.45, 7) is 5.63. The van der Waals surface area contributed by atoms with Gasteiger partial charge in [0.2, 0.25) is 0 Å². The first-order chi connectivity index (χ1) is 4.25. The van der Waals surface area contributed by atoms with Gasteiger partial charge < -0.3 is 0 Å². The molecule has 1 fully saturated rings. The molecule has 0 heterocycles. The van der Waals surface area contributed by atoms with Crippen molar-refractivity contribution in [1.29, 1.82) is 0 Å². The maximum absolute atomic E-state index is 10.9. The van der Waals surface area contributed by atoms with Gasteiger partial charge in [-0.05, 0) is 12.3 Å². The fraction of sp³-hybridized carbons (Fsp3) is 0.625. The SMILES string of the molecule is C=CCC(=O)[C@@H]1C[C@H]1C. The zero-order valence-electron chi connectivity index (χ0n) is 5.76. The summed E-state index contributed by atoms with van der Waals surface area (Å²) >= 11 is 0. The Kier molecular flexibility index (Phi) is 1.70. The molecule has 9 heavy (non-hydrogen) atoms. The van der Waals surface area contributed by atoms with Crippen molar-refractivity contribution in [2.75, 3.05) is 0 Å². The Hall–Kier alpha value is -0.590. The van der Waals surface area contributed by atoms with Gasteiger partial charge in [-0.2, -0.15) is 0 Å². The average molecular weight is 124 g/mol. The van der Waals surface area contributed by atoms with E-state index in [1.54, 1.807) is 6.08 Å². The van der Waals surface area contributed by atoms with Gasteiger partial charge in [0.25, 0.3) is 0 Å². The van der Waals surface area contributed by atoms with Gasteiger partial charge in [-0.15, -0.1) is 6.58 Å². The van der Waals surface area contributed by atoms with Crippen LogP contribution in [0.2, 0.25) is 0 Å². The van der Waals surface area contributed by atoms with E-state index in [-0.39, 0.29) is 0 Å². The molecule has 2 atom stereocenters. The maximum atomic E-state index is 10.9. The molecule has 0 radical (unpaired) electrons. The molecule has 1 rings (SSSR count). The average Bonchev–Trinajstić information content (AvgIpc) is 2.47. The molecule has 0 saturated heterocycles. The summed E-state index contributed by atoms with van der Waals surface area (Å²) in [5.74, 6) is 1.40. The molecule has 50 valence electrons. The lowest BCUT2D eigenvalue weighted by molar-refractivity contribution is -0.119. The molecule has 0 aliphatic heterocycles. The molecule has 1 nitrogen and oxygen atoms in total. The van der Waals surface area contributed by atoms with Gasteiger partial charge in [0.05, 0.1) is 0 Å². The van der Waals surface area contributed by atoms with Gasteiger partial charge in [-0.3, -0.25) is 4.79 Å². The first-order valence-electron chi connectivity index (χ1n) is 3.39. The summed E-state index contributed by atoms with van der Waals surface area (Å²) in [6, 6.07) is 0. The van der Waals surface area contributed by atoms with Crippen molar-refractivity contribution < 1.29 is 4.79 Å². The Morgan fingerprint density at radius 1 is 1.89 bits per heavy atom. The van der Waals surface area contributed by atoms with E-state index in [9.17, 15) is 4.79 Å². The highest BCUT2D eigenvalue weighted by molar-refractivity contribution is 5.84. The van der Waals surface area contributed by atoms with E-state index >= 15 is 0 Å². The predicted octanol–water partition coefficient (Wildman–Crippen LogP) is 1.79. The predicted molar refractivity (Wildman–Crippen MR) is 37.1 cm³/mol. The molecule has 1 saturated carbocycles. The monoisotopic (exact) mass is 124 g/mol.